The minimum Gasteiger partial charge on any atom is -0.493 e. The van der Waals surface area contributed by atoms with Crippen molar-refractivity contribution in [1.82, 2.24) is 4.98 Å². The molecule has 0 atom stereocenters. The SMILES string of the molecule is C=CCc1cc(/C=C(/C#N)C(=O)Nc2nccs2)cc(OC)c1OCCOc1ccccc1. The summed E-state index contributed by atoms with van der Waals surface area (Å²) in [5.74, 6) is 1.28. The number of hydrogen-bond donors (Lipinski definition) is 1. The molecule has 0 aliphatic carbocycles. The van der Waals surface area contributed by atoms with Crippen LogP contribution in [0.1, 0.15) is 11.1 Å². The lowest BCUT2D eigenvalue weighted by Gasteiger charge is -2.16. The summed E-state index contributed by atoms with van der Waals surface area (Å²) in [5.41, 5.74) is 1.39. The van der Waals surface area contributed by atoms with Crippen LogP contribution in [0.25, 0.3) is 6.08 Å². The molecule has 0 unspecified atom stereocenters. The molecule has 2 aromatic carbocycles. The first-order valence-corrected chi connectivity index (χ1v) is 11.0. The Hall–Kier alpha value is -4.09. The number of rotatable bonds is 11. The van der Waals surface area contributed by atoms with Crippen molar-refractivity contribution in [2.75, 3.05) is 25.6 Å². The molecule has 1 aromatic heterocycles. The van der Waals surface area contributed by atoms with Gasteiger partial charge in [-0.25, -0.2) is 4.98 Å². The van der Waals surface area contributed by atoms with Crippen LogP contribution in [-0.2, 0) is 11.2 Å². The quantitative estimate of drug-likeness (QED) is 0.189. The number of ether oxygens (including phenoxy) is 3. The fourth-order valence-electron chi connectivity index (χ4n) is 2.97. The number of hydrogen-bond acceptors (Lipinski definition) is 7. The van der Waals surface area contributed by atoms with Crippen LogP contribution in [0.5, 0.6) is 17.2 Å². The molecule has 1 amide bonds. The summed E-state index contributed by atoms with van der Waals surface area (Å²) in [7, 11) is 1.54. The number of anilines is 1. The fourth-order valence-corrected chi connectivity index (χ4v) is 3.50. The Kier molecular flexibility index (Phi) is 8.63. The Morgan fingerprint density at radius 1 is 1.24 bits per heavy atom. The van der Waals surface area contributed by atoms with Crippen molar-refractivity contribution in [3.8, 4) is 23.3 Å². The lowest BCUT2D eigenvalue weighted by Crippen LogP contribution is -2.13. The second-order valence-corrected chi connectivity index (χ2v) is 7.57. The zero-order chi connectivity index (χ0) is 23.5. The van der Waals surface area contributed by atoms with Crippen LogP contribution in [0.2, 0.25) is 0 Å². The van der Waals surface area contributed by atoms with Gasteiger partial charge in [0.05, 0.1) is 7.11 Å². The molecule has 3 aromatic rings. The van der Waals surface area contributed by atoms with Crippen molar-refractivity contribution in [2.24, 2.45) is 0 Å². The highest BCUT2D eigenvalue weighted by atomic mass is 32.1. The van der Waals surface area contributed by atoms with Gasteiger partial charge in [0, 0.05) is 17.1 Å². The predicted octanol–water partition coefficient (Wildman–Crippen LogP) is 4.88. The van der Waals surface area contributed by atoms with Crippen molar-refractivity contribution >= 4 is 28.5 Å². The van der Waals surface area contributed by atoms with Crippen molar-refractivity contribution in [3.63, 3.8) is 0 Å². The molecule has 3 rings (SSSR count). The molecule has 0 radical (unpaired) electrons. The number of amides is 1. The Bertz CT molecular complexity index is 1150. The van der Waals surface area contributed by atoms with Gasteiger partial charge < -0.3 is 14.2 Å². The zero-order valence-corrected chi connectivity index (χ0v) is 18.9. The topological polar surface area (TPSA) is 93.5 Å². The van der Waals surface area contributed by atoms with Crippen LogP contribution >= 0.6 is 11.3 Å². The zero-order valence-electron chi connectivity index (χ0n) is 18.1. The second-order valence-electron chi connectivity index (χ2n) is 6.68. The smallest absolute Gasteiger partial charge is 0.268 e. The third-order valence-electron chi connectivity index (χ3n) is 4.41. The molecule has 8 heteroatoms. The number of nitrogens with zero attached hydrogens (tertiary/aromatic N) is 2. The van der Waals surface area contributed by atoms with Gasteiger partial charge in [0.2, 0.25) is 0 Å². The van der Waals surface area contributed by atoms with Crippen LogP contribution in [0, 0.1) is 11.3 Å². The van der Waals surface area contributed by atoms with E-state index in [1.807, 2.05) is 42.5 Å². The van der Waals surface area contributed by atoms with E-state index in [0.717, 1.165) is 11.3 Å². The van der Waals surface area contributed by atoms with E-state index < -0.39 is 5.91 Å². The molecule has 7 nitrogen and oxygen atoms in total. The first kappa shape index (κ1) is 23.6. The summed E-state index contributed by atoms with van der Waals surface area (Å²) in [6, 6.07) is 15.0. The number of thiazole rings is 1. The summed E-state index contributed by atoms with van der Waals surface area (Å²) in [6.45, 7) is 4.48. The van der Waals surface area contributed by atoms with Gasteiger partial charge >= 0.3 is 0 Å². The maximum atomic E-state index is 12.4. The maximum Gasteiger partial charge on any atom is 0.268 e. The number of carbonyl (C=O) groups excluding carboxylic acids is 1. The number of allylic oxidation sites excluding steroid dienone is 1. The number of para-hydroxylation sites is 1. The predicted molar refractivity (Wildman–Crippen MR) is 129 cm³/mol. The van der Waals surface area contributed by atoms with E-state index >= 15 is 0 Å². The molecule has 1 N–H and O–H groups in total. The molecule has 1 heterocycles. The van der Waals surface area contributed by atoms with Gasteiger partial charge in [-0.3, -0.25) is 10.1 Å². The van der Waals surface area contributed by atoms with E-state index in [0.29, 0.717) is 41.8 Å². The average molecular weight is 462 g/mol. The summed E-state index contributed by atoms with van der Waals surface area (Å²) in [5, 5.41) is 14.3. The highest BCUT2D eigenvalue weighted by molar-refractivity contribution is 7.13. The van der Waals surface area contributed by atoms with Crippen LogP contribution in [-0.4, -0.2) is 31.2 Å². The third kappa shape index (κ3) is 6.69. The highest BCUT2D eigenvalue weighted by Gasteiger charge is 2.15. The molecule has 0 aliphatic heterocycles. The van der Waals surface area contributed by atoms with E-state index in [9.17, 15) is 10.1 Å². The van der Waals surface area contributed by atoms with Crippen LogP contribution < -0.4 is 19.5 Å². The molecule has 0 bridgehead atoms. The largest absolute Gasteiger partial charge is 0.493 e. The van der Waals surface area contributed by atoms with Crippen molar-refractivity contribution < 1.29 is 19.0 Å². The van der Waals surface area contributed by atoms with E-state index in [2.05, 4.69) is 16.9 Å². The maximum absolute atomic E-state index is 12.4. The van der Waals surface area contributed by atoms with Gasteiger partial charge in [-0.05, 0) is 42.3 Å². The molecule has 168 valence electrons. The van der Waals surface area contributed by atoms with Crippen LogP contribution in [0.15, 0.2) is 72.3 Å². The summed E-state index contributed by atoms with van der Waals surface area (Å²) >= 11 is 1.27. The Balaban J connectivity index is 1.78. The van der Waals surface area contributed by atoms with E-state index in [-0.39, 0.29) is 5.57 Å². The normalized spacial score (nSPS) is 10.7. The van der Waals surface area contributed by atoms with Crippen LogP contribution in [0.4, 0.5) is 5.13 Å². The van der Waals surface area contributed by atoms with Crippen LogP contribution in [0.3, 0.4) is 0 Å². The molecule has 33 heavy (non-hydrogen) atoms. The molecular weight excluding hydrogens is 438 g/mol. The Morgan fingerprint density at radius 2 is 2.03 bits per heavy atom. The number of benzene rings is 2. The first-order chi connectivity index (χ1) is 16.1. The number of nitriles is 1. The molecular formula is C25H23N3O4S. The average Bonchev–Trinajstić information content (AvgIpc) is 3.34. The van der Waals surface area contributed by atoms with Gasteiger partial charge in [0.15, 0.2) is 16.6 Å². The van der Waals surface area contributed by atoms with Gasteiger partial charge in [0.25, 0.3) is 5.91 Å². The summed E-state index contributed by atoms with van der Waals surface area (Å²) in [4.78, 5) is 16.5. The summed E-state index contributed by atoms with van der Waals surface area (Å²) in [6.07, 6.45) is 5.34. The highest BCUT2D eigenvalue weighted by Crippen LogP contribution is 2.34. The van der Waals surface area contributed by atoms with Gasteiger partial charge in [0.1, 0.15) is 30.6 Å². The summed E-state index contributed by atoms with van der Waals surface area (Å²) < 4.78 is 17.2. The molecule has 0 saturated heterocycles. The van der Waals surface area contributed by atoms with Gasteiger partial charge in [-0.2, -0.15) is 5.26 Å². The third-order valence-corrected chi connectivity index (χ3v) is 5.10. The fraction of sp³-hybridized carbons (Fsp3) is 0.160. The van der Waals surface area contributed by atoms with E-state index in [1.165, 1.54) is 24.5 Å². The molecule has 0 spiro atoms. The number of nitrogens with one attached hydrogen (secondary N) is 1. The minimum atomic E-state index is -0.532. The van der Waals surface area contributed by atoms with Gasteiger partial charge in [-0.15, -0.1) is 17.9 Å². The van der Waals surface area contributed by atoms with Crippen molar-refractivity contribution in [2.45, 2.75) is 6.42 Å². The minimum absolute atomic E-state index is 0.0539. The lowest BCUT2D eigenvalue weighted by atomic mass is 10.0. The number of methoxy groups -OCH3 is 1. The van der Waals surface area contributed by atoms with E-state index in [1.54, 1.807) is 23.7 Å². The van der Waals surface area contributed by atoms with Gasteiger partial charge in [-0.1, -0.05) is 24.3 Å². The number of aromatic nitrogens is 1. The van der Waals surface area contributed by atoms with Crippen molar-refractivity contribution in [1.29, 1.82) is 5.26 Å². The lowest BCUT2D eigenvalue weighted by molar-refractivity contribution is -0.112. The van der Waals surface area contributed by atoms with E-state index in [4.69, 9.17) is 14.2 Å². The van der Waals surface area contributed by atoms with Crippen molar-refractivity contribution in [3.05, 3.63) is 83.4 Å². The standard InChI is InChI=1S/C25H23N3O4S/c1-3-7-19-14-18(15-20(17-26)24(29)28-25-27-10-13-33-25)16-22(30-2)23(19)32-12-11-31-21-8-5-4-6-9-21/h3-6,8-10,13-16H,1,7,11-12H2,2H3,(H,27,28,29)/b20-15-. The molecule has 0 fully saturated rings. The second kappa shape index (κ2) is 12.1. The molecule has 0 aliphatic rings. The Morgan fingerprint density at radius 3 is 2.70 bits per heavy atom. The monoisotopic (exact) mass is 461 g/mol. The number of carbonyl (C=O) groups is 1. The first-order valence-electron chi connectivity index (χ1n) is 10.1. The molecule has 0 saturated carbocycles. The Labute approximate surface area is 196 Å².